The SMILES string of the molecule is CC(OC([O])=O)c1ccccc1. The van der Waals surface area contributed by atoms with Crippen molar-refractivity contribution in [3.8, 4) is 0 Å². The molecule has 0 saturated carbocycles. The molecule has 0 heterocycles. The molecule has 0 N–H and O–H groups in total. The molecule has 63 valence electrons. The molecule has 0 aliphatic carbocycles. The average molecular weight is 165 g/mol. The van der Waals surface area contributed by atoms with E-state index in [4.69, 9.17) is 0 Å². The molecule has 1 aromatic carbocycles. The van der Waals surface area contributed by atoms with Crippen molar-refractivity contribution in [1.29, 1.82) is 0 Å². The van der Waals surface area contributed by atoms with Crippen molar-refractivity contribution in [3.05, 3.63) is 35.9 Å². The lowest BCUT2D eigenvalue weighted by Crippen LogP contribution is -2.04. The van der Waals surface area contributed by atoms with Crippen molar-refractivity contribution in [2.75, 3.05) is 0 Å². The number of hydrogen-bond donors (Lipinski definition) is 0. The van der Waals surface area contributed by atoms with Crippen LogP contribution in [0.15, 0.2) is 30.3 Å². The first-order valence-electron chi connectivity index (χ1n) is 3.62. The quantitative estimate of drug-likeness (QED) is 0.631. The van der Waals surface area contributed by atoms with Crippen molar-refractivity contribution in [2.45, 2.75) is 13.0 Å². The Bertz CT molecular complexity index is 256. The maximum atomic E-state index is 10.0. The predicted octanol–water partition coefficient (Wildman–Crippen LogP) is 2.31. The molecule has 0 amide bonds. The third-order valence-corrected chi connectivity index (χ3v) is 1.54. The topological polar surface area (TPSA) is 46.2 Å². The van der Waals surface area contributed by atoms with Crippen molar-refractivity contribution < 1.29 is 14.6 Å². The molecule has 0 spiro atoms. The van der Waals surface area contributed by atoms with Gasteiger partial charge in [0.15, 0.2) is 0 Å². The highest BCUT2D eigenvalue weighted by Gasteiger charge is 2.09. The summed E-state index contributed by atoms with van der Waals surface area (Å²) in [7, 11) is 0. The molecule has 0 aromatic heterocycles. The lowest BCUT2D eigenvalue weighted by Gasteiger charge is -2.08. The highest BCUT2D eigenvalue weighted by Crippen LogP contribution is 2.15. The molecule has 12 heavy (non-hydrogen) atoms. The van der Waals surface area contributed by atoms with E-state index < -0.39 is 12.3 Å². The van der Waals surface area contributed by atoms with Crippen LogP contribution in [0, 0.1) is 0 Å². The normalized spacial score (nSPS) is 12.1. The van der Waals surface area contributed by atoms with E-state index in [0.29, 0.717) is 0 Å². The molecular formula is C9H9O3. The second kappa shape index (κ2) is 3.76. The minimum absolute atomic E-state index is 0.462. The Morgan fingerprint density at radius 3 is 2.42 bits per heavy atom. The Balaban J connectivity index is 2.65. The molecule has 0 bridgehead atoms. The van der Waals surface area contributed by atoms with Gasteiger partial charge in [0, 0.05) is 0 Å². The highest BCUT2D eigenvalue weighted by atomic mass is 16.7. The first-order valence-corrected chi connectivity index (χ1v) is 3.62. The summed E-state index contributed by atoms with van der Waals surface area (Å²) in [5.74, 6) is 0. The van der Waals surface area contributed by atoms with Gasteiger partial charge in [-0.05, 0) is 12.5 Å². The molecule has 0 fully saturated rings. The minimum atomic E-state index is -1.49. The summed E-state index contributed by atoms with van der Waals surface area (Å²) in [6, 6.07) is 9.10. The Labute approximate surface area is 70.6 Å². The van der Waals surface area contributed by atoms with Gasteiger partial charge < -0.3 is 4.74 Å². The monoisotopic (exact) mass is 165 g/mol. The van der Waals surface area contributed by atoms with E-state index in [-0.39, 0.29) is 0 Å². The van der Waals surface area contributed by atoms with Crippen LogP contribution in [-0.2, 0) is 9.84 Å². The maximum absolute atomic E-state index is 10.0. The molecule has 1 aromatic rings. The van der Waals surface area contributed by atoms with Gasteiger partial charge in [0.05, 0.1) is 0 Å². The van der Waals surface area contributed by atoms with Crippen LogP contribution in [0.4, 0.5) is 4.79 Å². The van der Waals surface area contributed by atoms with Crippen molar-refractivity contribution in [3.63, 3.8) is 0 Å². The zero-order valence-corrected chi connectivity index (χ0v) is 6.69. The van der Waals surface area contributed by atoms with Gasteiger partial charge in [-0.25, -0.2) is 0 Å². The van der Waals surface area contributed by atoms with Crippen LogP contribution in [0.1, 0.15) is 18.6 Å². The summed E-state index contributed by atoms with van der Waals surface area (Å²) in [6.45, 7) is 1.66. The van der Waals surface area contributed by atoms with Gasteiger partial charge >= 0.3 is 6.16 Å². The van der Waals surface area contributed by atoms with Crippen molar-refractivity contribution in [1.82, 2.24) is 0 Å². The summed E-state index contributed by atoms with van der Waals surface area (Å²) >= 11 is 0. The van der Waals surface area contributed by atoms with Gasteiger partial charge in [0.2, 0.25) is 0 Å². The maximum Gasteiger partial charge on any atom is 0.550 e. The van der Waals surface area contributed by atoms with Crippen LogP contribution in [0.3, 0.4) is 0 Å². The summed E-state index contributed by atoms with van der Waals surface area (Å²) < 4.78 is 4.44. The number of carbonyl (C=O) groups excluding carboxylic acids is 1. The number of rotatable bonds is 2. The third kappa shape index (κ3) is 2.27. The zero-order valence-electron chi connectivity index (χ0n) is 6.69. The Hall–Kier alpha value is -1.51. The van der Waals surface area contributed by atoms with E-state index in [1.807, 2.05) is 18.2 Å². The molecule has 3 nitrogen and oxygen atoms in total. The number of carbonyl (C=O) groups is 1. The predicted molar refractivity (Wildman–Crippen MR) is 42.0 cm³/mol. The van der Waals surface area contributed by atoms with E-state index in [9.17, 15) is 9.90 Å². The Morgan fingerprint density at radius 1 is 1.33 bits per heavy atom. The van der Waals surface area contributed by atoms with E-state index in [0.717, 1.165) is 5.56 Å². The molecular weight excluding hydrogens is 156 g/mol. The fourth-order valence-corrected chi connectivity index (χ4v) is 0.936. The highest BCUT2D eigenvalue weighted by molar-refractivity contribution is 5.56. The van der Waals surface area contributed by atoms with E-state index in [2.05, 4.69) is 4.74 Å². The summed E-state index contributed by atoms with van der Waals surface area (Å²) in [5, 5.41) is 10.0. The van der Waals surface area contributed by atoms with Crippen LogP contribution in [0.25, 0.3) is 0 Å². The van der Waals surface area contributed by atoms with Gasteiger partial charge in [0.25, 0.3) is 0 Å². The fourth-order valence-electron chi connectivity index (χ4n) is 0.936. The van der Waals surface area contributed by atoms with E-state index >= 15 is 0 Å². The minimum Gasteiger partial charge on any atom is -0.424 e. The van der Waals surface area contributed by atoms with Crippen molar-refractivity contribution >= 4 is 6.16 Å². The Morgan fingerprint density at radius 2 is 1.92 bits per heavy atom. The molecule has 0 aliphatic heterocycles. The average Bonchev–Trinajstić information content (AvgIpc) is 2.05. The lowest BCUT2D eigenvalue weighted by atomic mass is 10.1. The Kier molecular flexibility index (Phi) is 2.69. The van der Waals surface area contributed by atoms with Gasteiger partial charge in [-0.3, -0.25) is 0 Å². The molecule has 1 atom stereocenters. The second-order valence-electron chi connectivity index (χ2n) is 2.42. The number of hydrogen-bond acceptors (Lipinski definition) is 2. The largest absolute Gasteiger partial charge is 0.550 e. The molecule has 1 radical (unpaired) electrons. The van der Waals surface area contributed by atoms with Crippen LogP contribution >= 0.6 is 0 Å². The van der Waals surface area contributed by atoms with E-state index in [1.165, 1.54) is 0 Å². The van der Waals surface area contributed by atoms with E-state index in [1.54, 1.807) is 19.1 Å². The third-order valence-electron chi connectivity index (χ3n) is 1.54. The van der Waals surface area contributed by atoms with Gasteiger partial charge in [0.1, 0.15) is 6.10 Å². The number of ether oxygens (including phenoxy) is 1. The first-order chi connectivity index (χ1) is 5.70. The second-order valence-corrected chi connectivity index (χ2v) is 2.42. The van der Waals surface area contributed by atoms with Gasteiger partial charge in [-0.15, -0.1) is 0 Å². The molecule has 1 unspecified atom stereocenters. The van der Waals surface area contributed by atoms with Crippen LogP contribution in [-0.4, -0.2) is 6.16 Å². The smallest absolute Gasteiger partial charge is 0.424 e. The standard InChI is InChI=1S/C9H9O3/c1-7(12-9(10)11)8-5-3-2-4-6-8/h2-7H,1H3. The fraction of sp³-hybridized carbons (Fsp3) is 0.222. The van der Waals surface area contributed by atoms with Crippen molar-refractivity contribution in [2.24, 2.45) is 0 Å². The summed E-state index contributed by atoms with van der Waals surface area (Å²) in [5.41, 5.74) is 0.821. The molecule has 3 heteroatoms. The molecule has 0 saturated heterocycles. The molecule has 1 rings (SSSR count). The lowest BCUT2D eigenvalue weighted by molar-refractivity contribution is 0.0381. The van der Waals surface area contributed by atoms with Crippen LogP contribution < -0.4 is 0 Å². The summed E-state index contributed by atoms with van der Waals surface area (Å²) in [4.78, 5) is 10.0. The number of benzene rings is 1. The van der Waals surface area contributed by atoms with Gasteiger partial charge in [-0.2, -0.15) is 9.90 Å². The van der Waals surface area contributed by atoms with Gasteiger partial charge in [-0.1, -0.05) is 30.3 Å². The molecule has 0 aliphatic rings. The van der Waals surface area contributed by atoms with Crippen LogP contribution in [0.2, 0.25) is 0 Å². The summed E-state index contributed by atoms with van der Waals surface area (Å²) in [6.07, 6.45) is -1.96. The first kappa shape index (κ1) is 8.59. The zero-order chi connectivity index (χ0) is 8.97. The van der Waals surface area contributed by atoms with Crippen LogP contribution in [0.5, 0.6) is 0 Å².